The fourth-order valence-corrected chi connectivity index (χ4v) is 4.05. The average Bonchev–Trinajstić information content (AvgIpc) is 2.95. The third kappa shape index (κ3) is 4.48. The number of sulfonamides is 1. The number of hydrogen-bond acceptors (Lipinski definition) is 7. The molecule has 9 heteroatoms. The van der Waals surface area contributed by atoms with E-state index >= 15 is 0 Å². The SMILES string of the molecule is COC[C@@](C)(CNS(=O)(=O)c1ccsc1C(=O)OC)OC. The minimum atomic E-state index is -3.84. The van der Waals surface area contributed by atoms with E-state index in [1.807, 2.05) is 0 Å². The molecule has 0 amide bonds. The fourth-order valence-electron chi connectivity index (χ4n) is 1.56. The molecule has 0 aliphatic heterocycles. The van der Waals surface area contributed by atoms with E-state index in [1.54, 1.807) is 6.92 Å². The Morgan fingerprint density at radius 3 is 2.57 bits per heavy atom. The molecule has 21 heavy (non-hydrogen) atoms. The van der Waals surface area contributed by atoms with Crippen molar-refractivity contribution in [3.63, 3.8) is 0 Å². The molecule has 0 aromatic carbocycles. The van der Waals surface area contributed by atoms with Crippen LogP contribution in [0.25, 0.3) is 0 Å². The number of carbonyl (C=O) groups excluding carboxylic acids is 1. The lowest BCUT2D eigenvalue weighted by Gasteiger charge is -2.27. The molecule has 0 spiro atoms. The van der Waals surface area contributed by atoms with Crippen molar-refractivity contribution in [3.05, 3.63) is 16.3 Å². The molecule has 1 N–H and O–H groups in total. The van der Waals surface area contributed by atoms with Crippen molar-refractivity contribution in [1.29, 1.82) is 0 Å². The summed E-state index contributed by atoms with van der Waals surface area (Å²) in [5.41, 5.74) is -0.802. The van der Waals surface area contributed by atoms with Crippen LogP contribution in [-0.2, 0) is 24.2 Å². The van der Waals surface area contributed by atoms with Gasteiger partial charge in [0, 0.05) is 20.8 Å². The highest BCUT2D eigenvalue weighted by molar-refractivity contribution is 7.89. The molecule has 120 valence electrons. The van der Waals surface area contributed by atoms with E-state index in [9.17, 15) is 13.2 Å². The van der Waals surface area contributed by atoms with Gasteiger partial charge in [0.1, 0.15) is 15.4 Å². The Hall–Kier alpha value is -1.00. The second-order valence-corrected chi connectivity index (χ2v) is 7.17. The Bertz CT molecular complexity index is 582. The maximum Gasteiger partial charge on any atom is 0.349 e. The first-order valence-corrected chi connectivity index (χ1v) is 8.35. The Morgan fingerprint density at radius 1 is 1.38 bits per heavy atom. The third-order valence-electron chi connectivity index (χ3n) is 2.87. The molecule has 1 aromatic heterocycles. The summed E-state index contributed by atoms with van der Waals surface area (Å²) in [5.74, 6) is -0.684. The van der Waals surface area contributed by atoms with E-state index in [0.717, 1.165) is 11.3 Å². The summed E-state index contributed by atoms with van der Waals surface area (Å²) in [6.07, 6.45) is 0. The molecule has 0 unspecified atom stereocenters. The van der Waals surface area contributed by atoms with Crippen LogP contribution in [0.5, 0.6) is 0 Å². The van der Waals surface area contributed by atoms with Gasteiger partial charge in [0.05, 0.1) is 13.7 Å². The number of nitrogens with one attached hydrogen (secondary N) is 1. The fraction of sp³-hybridized carbons (Fsp3) is 0.583. The summed E-state index contributed by atoms with van der Waals surface area (Å²) in [4.78, 5) is 11.5. The molecule has 1 heterocycles. The van der Waals surface area contributed by atoms with Crippen molar-refractivity contribution in [2.45, 2.75) is 17.4 Å². The number of esters is 1. The Labute approximate surface area is 128 Å². The third-order valence-corrected chi connectivity index (χ3v) is 5.34. The van der Waals surface area contributed by atoms with Gasteiger partial charge in [-0.15, -0.1) is 11.3 Å². The first kappa shape index (κ1) is 18.1. The highest BCUT2D eigenvalue weighted by atomic mass is 32.2. The number of thiophene rings is 1. The first-order chi connectivity index (χ1) is 9.79. The minimum absolute atomic E-state index is 0.0101. The van der Waals surface area contributed by atoms with Crippen LogP contribution in [0.15, 0.2) is 16.3 Å². The van der Waals surface area contributed by atoms with Gasteiger partial charge in [-0.1, -0.05) is 0 Å². The van der Waals surface area contributed by atoms with Crippen molar-refractivity contribution in [2.75, 3.05) is 34.5 Å². The average molecular weight is 337 g/mol. The zero-order valence-corrected chi connectivity index (χ0v) is 14.0. The molecule has 0 saturated carbocycles. The summed E-state index contributed by atoms with van der Waals surface area (Å²) in [5, 5.41) is 1.52. The highest BCUT2D eigenvalue weighted by Crippen LogP contribution is 2.23. The molecular formula is C12H19NO6S2. The number of rotatable bonds is 8. The second-order valence-electron chi connectivity index (χ2n) is 4.52. The van der Waals surface area contributed by atoms with Crippen molar-refractivity contribution in [1.82, 2.24) is 4.72 Å². The van der Waals surface area contributed by atoms with Gasteiger partial charge < -0.3 is 14.2 Å². The molecule has 0 radical (unpaired) electrons. The van der Waals surface area contributed by atoms with E-state index in [1.165, 1.54) is 32.8 Å². The summed E-state index contributed by atoms with van der Waals surface area (Å²) in [6, 6.07) is 1.36. The summed E-state index contributed by atoms with van der Waals surface area (Å²) in [7, 11) is 0.331. The molecule has 0 fully saturated rings. The molecule has 1 aromatic rings. The predicted molar refractivity (Wildman–Crippen MR) is 78.1 cm³/mol. The Kier molecular flexibility index (Phi) is 6.29. The normalized spacial score (nSPS) is 14.7. The zero-order chi connectivity index (χ0) is 16.1. The molecule has 7 nitrogen and oxygen atoms in total. The largest absolute Gasteiger partial charge is 0.465 e. The van der Waals surface area contributed by atoms with Crippen LogP contribution in [0, 0.1) is 0 Å². The summed E-state index contributed by atoms with van der Waals surface area (Å²) in [6.45, 7) is 1.95. The van der Waals surface area contributed by atoms with Gasteiger partial charge in [-0.2, -0.15) is 0 Å². The van der Waals surface area contributed by atoms with E-state index in [-0.39, 0.29) is 22.9 Å². The van der Waals surface area contributed by atoms with E-state index in [0.29, 0.717) is 0 Å². The predicted octanol–water partition coefficient (Wildman–Crippen LogP) is 0.864. The maximum absolute atomic E-state index is 12.3. The van der Waals surface area contributed by atoms with Gasteiger partial charge >= 0.3 is 5.97 Å². The van der Waals surface area contributed by atoms with Gasteiger partial charge in [0.15, 0.2) is 0 Å². The Morgan fingerprint density at radius 2 is 2.05 bits per heavy atom. The molecular weight excluding hydrogens is 318 g/mol. The zero-order valence-electron chi connectivity index (χ0n) is 12.3. The molecule has 1 atom stereocenters. The lowest BCUT2D eigenvalue weighted by Crippen LogP contribution is -2.45. The first-order valence-electron chi connectivity index (χ1n) is 5.99. The topological polar surface area (TPSA) is 90.9 Å². The van der Waals surface area contributed by atoms with Crippen LogP contribution < -0.4 is 4.72 Å². The number of carbonyl (C=O) groups is 1. The van der Waals surface area contributed by atoms with Crippen LogP contribution in [-0.4, -0.2) is 54.5 Å². The van der Waals surface area contributed by atoms with Crippen LogP contribution >= 0.6 is 11.3 Å². The van der Waals surface area contributed by atoms with Crippen LogP contribution in [0.4, 0.5) is 0 Å². The van der Waals surface area contributed by atoms with Gasteiger partial charge in [-0.05, 0) is 18.4 Å². The number of hydrogen-bond donors (Lipinski definition) is 1. The van der Waals surface area contributed by atoms with Crippen molar-refractivity contribution in [3.8, 4) is 0 Å². The van der Waals surface area contributed by atoms with E-state index < -0.39 is 21.6 Å². The smallest absolute Gasteiger partial charge is 0.349 e. The number of methoxy groups -OCH3 is 3. The molecule has 1 rings (SSSR count). The summed E-state index contributed by atoms with van der Waals surface area (Å²) >= 11 is 1.01. The lowest BCUT2D eigenvalue weighted by atomic mass is 10.1. The highest BCUT2D eigenvalue weighted by Gasteiger charge is 2.29. The lowest BCUT2D eigenvalue weighted by molar-refractivity contribution is -0.0460. The van der Waals surface area contributed by atoms with Gasteiger partial charge in [0.2, 0.25) is 10.0 Å². The Balaban J connectivity index is 2.93. The van der Waals surface area contributed by atoms with Crippen LogP contribution in [0.3, 0.4) is 0 Å². The maximum atomic E-state index is 12.3. The van der Waals surface area contributed by atoms with Gasteiger partial charge in [-0.3, -0.25) is 0 Å². The van der Waals surface area contributed by atoms with Crippen LogP contribution in [0.2, 0.25) is 0 Å². The minimum Gasteiger partial charge on any atom is -0.465 e. The van der Waals surface area contributed by atoms with Gasteiger partial charge in [-0.25, -0.2) is 17.9 Å². The monoisotopic (exact) mass is 337 g/mol. The van der Waals surface area contributed by atoms with E-state index in [4.69, 9.17) is 9.47 Å². The quantitative estimate of drug-likeness (QED) is 0.708. The molecule has 0 aliphatic carbocycles. The van der Waals surface area contributed by atoms with Crippen LogP contribution in [0.1, 0.15) is 16.6 Å². The van der Waals surface area contributed by atoms with Gasteiger partial charge in [0.25, 0.3) is 0 Å². The molecule has 0 aliphatic rings. The van der Waals surface area contributed by atoms with Crippen molar-refractivity contribution >= 4 is 27.3 Å². The standard InChI is InChI=1S/C12H19NO6S2/c1-12(19-4,8-17-2)7-13-21(15,16)9-5-6-20-10(9)11(14)18-3/h5-6,13H,7-8H2,1-4H3/t12-/m1/s1. The number of ether oxygens (including phenoxy) is 3. The van der Waals surface area contributed by atoms with Crippen molar-refractivity contribution in [2.24, 2.45) is 0 Å². The van der Waals surface area contributed by atoms with E-state index in [2.05, 4.69) is 9.46 Å². The molecule has 0 bridgehead atoms. The molecule has 0 saturated heterocycles. The summed E-state index contributed by atoms with van der Waals surface area (Å²) < 4.78 is 41.8. The van der Waals surface area contributed by atoms with Crippen molar-refractivity contribution < 1.29 is 27.4 Å². The second kappa shape index (κ2) is 7.32.